The average molecular weight is 940 g/mol. The molecule has 0 atom stereocenters. The van der Waals surface area contributed by atoms with Gasteiger partial charge in [-0.25, -0.2) is 35.8 Å². The minimum absolute atomic E-state index is 0.0381. The van der Waals surface area contributed by atoms with E-state index in [2.05, 4.69) is 35.0 Å². The fourth-order valence-corrected chi connectivity index (χ4v) is 10.5. The second kappa shape index (κ2) is 18.7. The van der Waals surface area contributed by atoms with E-state index in [1.807, 2.05) is 20.8 Å². The average Bonchev–Trinajstić information content (AvgIpc) is 3.73. The summed E-state index contributed by atoms with van der Waals surface area (Å²) in [5.74, 6) is 2.36. The predicted octanol–water partition coefficient (Wildman–Crippen LogP) is 2.43. The maximum atomic E-state index is 13.1. The third-order valence-corrected chi connectivity index (χ3v) is 14.3. The molecule has 8 rings (SSSR count). The van der Waals surface area contributed by atoms with Gasteiger partial charge in [-0.05, 0) is 76.9 Å². The molecular formula is C40H49N11O12S2. The summed E-state index contributed by atoms with van der Waals surface area (Å²) in [5, 5.41) is 28.2. The number of sulfonamides is 2. The van der Waals surface area contributed by atoms with Gasteiger partial charge in [0.2, 0.25) is 20.0 Å². The third kappa shape index (κ3) is 9.18. The van der Waals surface area contributed by atoms with E-state index in [-0.39, 0.29) is 58.7 Å². The highest BCUT2D eigenvalue weighted by molar-refractivity contribution is 7.89. The van der Waals surface area contributed by atoms with Crippen molar-refractivity contribution >= 4 is 31.1 Å². The summed E-state index contributed by atoms with van der Waals surface area (Å²) in [6.45, 7) is 11.6. The molecule has 25 heteroatoms. The van der Waals surface area contributed by atoms with Gasteiger partial charge in [-0.3, -0.25) is 9.59 Å². The molecule has 0 unspecified atom stereocenters. The van der Waals surface area contributed by atoms with E-state index >= 15 is 0 Å². The van der Waals surface area contributed by atoms with E-state index < -0.39 is 42.9 Å². The number of β-amino-alcohol motifs (C(OH)–C–C–N with tert-alkyl or cyclic N) is 1. The number of imidazole rings is 2. The molecule has 0 spiro atoms. The number of hydrogen-bond acceptors (Lipinski definition) is 16. The molecule has 6 heterocycles. The fourth-order valence-electron chi connectivity index (χ4n) is 7.45. The topological polar surface area (TPSA) is 292 Å². The zero-order valence-corrected chi connectivity index (χ0v) is 38.1. The summed E-state index contributed by atoms with van der Waals surface area (Å²) in [4.78, 5) is 54.9. The van der Waals surface area contributed by atoms with E-state index in [9.17, 15) is 41.6 Å². The molecule has 6 aromatic rings. The Kier molecular flexibility index (Phi) is 13.4. The van der Waals surface area contributed by atoms with Gasteiger partial charge in [0.1, 0.15) is 29.3 Å². The van der Waals surface area contributed by atoms with Crippen molar-refractivity contribution < 1.29 is 41.3 Å². The number of aromatic amines is 2. The second-order valence-corrected chi connectivity index (χ2v) is 19.2. The van der Waals surface area contributed by atoms with Crippen LogP contribution < -0.4 is 20.6 Å². The molecule has 348 valence electrons. The van der Waals surface area contributed by atoms with Crippen LogP contribution in [0.5, 0.6) is 11.5 Å². The molecule has 0 bridgehead atoms. The number of H-pyrrole nitrogens is 2. The number of nitrogens with zero attached hydrogens (tertiary/aromatic N) is 9. The number of nitrogens with one attached hydrogen (secondary N) is 2. The van der Waals surface area contributed by atoms with Crippen molar-refractivity contribution in [2.24, 2.45) is 0 Å². The molecule has 0 saturated carbocycles. The van der Waals surface area contributed by atoms with Crippen molar-refractivity contribution in [2.75, 3.05) is 39.4 Å². The molecule has 2 aliphatic heterocycles. The third-order valence-electron chi connectivity index (χ3n) is 10.6. The summed E-state index contributed by atoms with van der Waals surface area (Å²) in [6.07, 6.45) is 1.43. The van der Waals surface area contributed by atoms with Crippen molar-refractivity contribution in [3.8, 4) is 34.3 Å². The number of benzene rings is 2. The van der Waals surface area contributed by atoms with Gasteiger partial charge in [0.15, 0.2) is 22.7 Å². The SMILES string of the molecule is CCCc1nc(C)c2c(=O)[nH]c(-c3cc(S(=O)(=O)N4CC(O)C4)ccc3OCC)nn12.CCCc1nc(C)c2c(=O)[nH]c(-c3cc(S(=O)(=O)N4CC(O[N+](=O)[O-])C4)ccc3OCC)nn12. The summed E-state index contributed by atoms with van der Waals surface area (Å²) < 4.78 is 68.6. The van der Waals surface area contributed by atoms with Crippen molar-refractivity contribution in [1.82, 2.24) is 47.8 Å². The molecule has 0 aliphatic carbocycles. The molecule has 23 nitrogen and oxygen atoms in total. The van der Waals surface area contributed by atoms with Gasteiger partial charge >= 0.3 is 0 Å². The minimum atomic E-state index is -3.96. The Balaban J connectivity index is 0.000000195. The van der Waals surface area contributed by atoms with Crippen LogP contribution in [0.4, 0.5) is 0 Å². The van der Waals surface area contributed by atoms with E-state index in [1.54, 1.807) is 26.8 Å². The van der Waals surface area contributed by atoms with Crippen LogP contribution in [-0.2, 0) is 37.7 Å². The number of aryl methyl sites for hydroxylation is 4. The molecule has 65 heavy (non-hydrogen) atoms. The van der Waals surface area contributed by atoms with Crippen LogP contribution in [0.15, 0.2) is 55.8 Å². The first kappa shape index (κ1) is 46.7. The van der Waals surface area contributed by atoms with Crippen LogP contribution in [0.25, 0.3) is 33.8 Å². The van der Waals surface area contributed by atoms with Crippen molar-refractivity contribution in [3.63, 3.8) is 0 Å². The smallest absolute Gasteiger partial charge is 0.294 e. The van der Waals surface area contributed by atoms with Crippen LogP contribution in [-0.4, -0.2) is 126 Å². The maximum Gasteiger partial charge on any atom is 0.294 e. The minimum Gasteiger partial charge on any atom is -0.493 e. The van der Waals surface area contributed by atoms with Gasteiger partial charge in [-0.15, -0.1) is 20.3 Å². The van der Waals surface area contributed by atoms with Crippen LogP contribution in [0.2, 0.25) is 0 Å². The van der Waals surface area contributed by atoms with E-state index in [1.165, 1.54) is 43.7 Å². The van der Waals surface area contributed by atoms with Gasteiger partial charge in [-0.1, -0.05) is 13.8 Å². The Morgan fingerprint density at radius 1 is 0.723 bits per heavy atom. The van der Waals surface area contributed by atoms with Gasteiger partial charge in [0.25, 0.3) is 16.2 Å². The lowest BCUT2D eigenvalue weighted by Gasteiger charge is -2.36. The zero-order valence-electron chi connectivity index (χ0n) is 36.5. The number of ether oxygens (including phenoxy) is 2. The largest absolute Gasteiger partial charge is 0.493 e. The predicted molar refractivity (Wildman–Crippen MR) is 233 cm³/mol. The number of aromatic nitrogens is 8. The first-order valence-corrected chi connectivity index (χ1v) is 23.8. The van der Waals surface area contributed by atoms with Crippen LogP contribution in [0.1, 0.15) is 63.6 Å². The number of aliphatic hydroxyl groups is 1. The lowest BCUT2D eigenvalue weighted by Crippen LogP contribution is -2.55. The highest BCUT2D eigenvalue weighted by atomic mass is 32.2. The standard InChI is InChI=1S/C20H24N6O7S.C20H25N5O5S/c1-4-6-17-21-12(3)18-20(27)22-19(23-25(17)18)15-9-14(7-8-16(15)32-5-2)34(30,31)24-10-13(11-24)33-26(28)29;1-4-6-17-21-12(3)18-20(27)22-19(23-25(17)18)15-9-14(7-8-16(15)30-5-2)31(28,29)24-10-13(26)11-24/h7-9,13H,4-6,10-11H2,1-3H3,(H,22,23,27);7-9,13,26H,4-6,10-11H2,1-3H3,(H,22,23,27). The van der Waals surface area contributed by atoms with Crippen LogP contribution in [0.3, 0.4) is 0 Å². The normalized spacial score (nSPS) is 15.1. The van der Waals surface area contributed by atoms with E-state index in [0.717, 1.165) is 17.1 Å². The highest BCUT2D eigenvalue weighted by Gasteiger charge is 2.40. The molecule has 2 saturated heterocycles. The number of aliphatic hydroxyl groups excluding tert-OH is 1. The fraction of sp³-hybridized carbons (Fsp3) is 0.450. The van der Waals surface area contributed by atoms with Crippen molar-refractivity contribution in [3.05, 3.63) is 90.3 Å². The molecule has 0 radical (unpaired) electrons. The Morgan fingerprint density at radius 2 is 1.14 bits per heavy atom. The highest BCUT2D eigenvalue weighted by Crippen LogP contribution is 2.34. The number of fused-ring (bicyclic) bond motifs is 2. The zero-order chi connectivity index (χ0) is 47.0. The molecule has 0 amide bonds. The van der Waals surface area contributed by atoms with Gasteiger partial charge in [-0.2, -0.15) is 8.61 Å². The molecule has 4 aromatic heterocycles. The number of hydrogen-bond donors (Lipinski definition) is 3. The Bertz CT molecular complexity index is 3120. The van der Waals surface area contributed by atoms with E-state index in [4.69, 9.17) is 9.47 Å². The van der Waals surface area contributed by atoms with Gasteiger partial charge < -0.3 is 29.4 Å². The summed E-state index contributed by atoms with van der Waals surface area (Å²) in [6, 6.07) is 8.69. The second-order valence-electron chi connectivity index (χ2n) is 15.3. The van der Waals surface area contributed by atoms with Crippen molar-refractivity contribution in [2.45, 2.75) is 89.2 Å². The number of rotatable bonds is 16. The first-order valence-electron chi connectivity index (χ1n) is 20.9. The molecule has 2 aliphatic rings. The summed E-state index contributed by atoms with van der Waals surface area (Å²) in [5.41, 5.74) is 1.70. The van der Waals surface area contributed by atoms with Gasteiger partial charge in [0.05, 0.1) is 51.6 Å². The maximum absolute atomic E-state index is 13.1. The molecule has 2 aromatic carbocycles. The first-order chi connectivity index (χ1) is 30.9. The molecule has 3 N–H and O–H groups in total. The Labute approximate surface area is 372 Å². The van der Waals surface area contributed by atoms with E-state index in [0.29, 0.717) is 77.2 Å². The lowest BCUT2D eigenvalue weighted by atomic mass is 10.2. The molecular weight excluding hydrogens is 891 g/mol. The Morgan fingerprint density at radius 3 is 1.51 bits per heavy atom. The lowest BCUT2D eigenvalue weighted by molar-refractivity contribution is -0.771. The van der Waals surface area contributed by atoms with Gasteiger partial charge in [0, 0.05) is 39.0 Å². The van der Waals surface area contributed by atoms with Crippen molar-refractivity contribution in [1.29, 1.82) is 0 Å². The summed E-state index contributed by atoms with van der Waals surface area (Å²) >= 11 is 0. The molecule has 2 fully saturated rings. The van der Waals surface area contributed by atoms with Crippen LogP contribution in [0, 0.1) is 24.0 Å². The Hall–Kier alpha value is -6.28. The summed E-state index contributed by atoms with van der Waals surface area (Å²) in [7, 11) is -7.75. The quantitative estimate of drug-likeness (QED) is 0.0928. The monoisotopic (exact) mass is 939 g/mol. The van der Waals surface area contributed by atoms with Crippen LogP contribution >= 0.6 is 0 Å².